The number of esters is 1. The third-order valence-electron chi connectivity index (χ3n) is 4.80. The third-order valence-corrected chi connectivity index (χ3v) is 5.13. The van der Waals surface area contributed by atoms with Crippen molar-refractivity contribution < 1.29 is 14.3 Å². The van der Waals surface area contributed by atoms with Crippen LogP contribution < -0.4 is 10.2 Å². The molecule has 1 amide bonds. The Kier molecular flexibility index (Phi) is 6.58. The molecule has 0 bridgehead atoms. The fourth-order valence-corrected chi connectivity index (χ4v) is 3.50. The van der Waals surface area contributed by atoms with Gasteiger partial charge in [0.25, 0.3) is 0 Å². The fraction of sp³-hybridized carbons (Fsp3) is 0.0385. The van der Waals surface area contributed by atoms with Crippen LogP contribution in [0.3, 0.4) is 0 Å². The first-order valence-electron chi connectivity index (χ1n) is 9.95. The maximum atomic E-state index is 12.3. The van der Waals surface area contributed by atoms with Crippen molar-refractivity contribution >= 4 is 40.5 Å². The van der Waals surface area contributed by atoms with Crippen molar-refractivity contribution in [1.82, 2.24) is 5.43 Å². The van der Waals surface area contributed by atoms with Crippen molar-refractivity contribution in [3.05, 3.63) is 113 Å². The molecule has 4 aromatic carbocycles. The largest absolute Gasteiger partial charge is 0.423 e. The molecule has 0 unspecified atom stereocenters. The van der Waals surface area contributed by atoms with Crippen molar-refractivity contribution in [2.75, 3.05) is 0 Å². The van der Waals surface area contributed by atoms with Gasteiger partial charge in [0, 0.05) is 0 Å². The lowest BCUT2D eigenvalue weighted by atomic mass is 10.0. The number of nitrogens with one attached hydrogen (secondary N) is 1. The molecule has 4 rings (SSSR count). The van der Waals surface area contributed by atoms with Crippen LogP contribution in [-0.4, -0.2) is 18.1 Å². The molecule has 1 N–H and O–H groups in total. The Morgan fingerprint density at radius 1 is 0.906 bits per heavy atom. The van der Waals surface area contributed by atoms with Crippen LogP contribution in [-0.2, 0) is 11.2 Å². The molecule has 0 aromatic heterocycles. The topological polar surface area (TPSA) is 67.8 Å². The van der Waals surface area contributed by atoms with Gasteiger partial charge in [-0.3, -0.25) is 4.79 Å². The summed E-state index contributed by atoms with van der Waals surface area (Å²) in [4.78, 5) is 24.7. The molecule has 158 valence electrons. The molecule has 0 radical (unpaired) electrons. The van der Waals surface area contributed by atoms with Gasteiger partial charge in [-0.2, -0.15) is 5.10 Å². The van der Waals surface area contributed by atoms with Crippen molar-refractivity contribution in [1.29, 1.82) is 0 Å². The van der Waals surface area contributed by atoms with E-state index >= 15 is 0 Å². The highest BCUT2D eigenvalue weighted by Gasteiger charge is 2.12. The van der Waals surface area contributed by atoms with Gasteiger partial charge in [0.05, 0.1) is 23.2 Å². The Balaban J connectivity index is 1.38. The van der Waals surface area contributed by atoms with Crippen LogP contribution in [0.1, 0.15) is 21.5 Å². The summed E-state index contributed by atoms with van der Waals surface area (Å²) >= 11 is 6.04. The van der Waals surface area contributed by atoms with E-state index in [1.165, 1.54) is 6.21 Å². The van der Waals surface area contributed by atoms with Gasteiger partial charge >= 0.3 is 5.97 Å². The summed E-state index contributed by atoms with van der Waals surface area (Å²) < 4.78 is 5.40. The van der Waals surface area contributed by atoms with Gasteiger partial charge in [-0.15, -0.1) is 0 Å². The van der Waals surface area contributed by atoms with Gasteiger partial charge < -0.3 is 4.74 Å². The van der Waals surface area contributed by atoms with Crippen LogP contribution in [0.4, 0.5) is 0 Å². The van der Waals surface area contributed by atoms with Crippen LogP contribution in [0.25, 0.3) is 10.8 Å². The molecule has 4 aromatic rings. The second kappa shape index (κ2) is 9.90. The minimum Gasteiger partial charge on any atom is -0.423 e. The molecule has 0 aliphatic rings. The van der Waals surface area contributed by atoms with E-state index in [1.54, 1.807) is 48.5 Å². The van der Waals surface area contributed by atoms with E-state index in [2.05, 4.69) is 10.5 Å². The molecule has 0 atom stereocenters. The van der Waals surface area contributed by atoms with E-state index < -0.39 is 5.97 Å². The lowest BCUT2D eigenvalue weighted by Gasteiger charge is -2.06. The molecule has 0 saturated heterocycles. The number of hydrogen-bond donors (Lipinski definition) is 1. The zero-order chi connectivity index (χ0) is 22.3. The van der Waals surface area contributed by atoms with Crippen LogP contribution in [0.15, 0.2) is 96.1 Å². The second-order valence-electron chi connectivity index (χ2n) is 7.05. The number of carbonyl (C=O) groups excluding carboxylic acids is 2. The van der Waals surface area contributed by atoms with Crippen molar-refractivity contribution in [3.8, 4) is 5.75 Å². The molecule has 0 fully saturated rings. The Bertz CT molecular complexity index is 1310. The van der Waals surface area contributed by atoms with Crippen molar-refractivity contribution in [2.24, 2.45) is 5.10 Å². The molecule has 6 heteroatoms. The Morgan fingerprint density at radius 3 is 2.53 bits per heavy atom. The minimum absolute atomic E-state index is 0.216. The van der Waals surface area contributed by atoms with Crippen molar-refractivity contribution in [3.63, 3.8) is 0 Å². The second-order valence-corrected chi connectivity index (χ2v) is 7.46. The van der Waals surface area contributed by atoms with Gasteiger partial charge in [0.1, 0.15) is 5.75 Å². The average molecular weight is 443 g/mol. The summed E-state index contributed by atoms with van der Waals surface area (Å²) in [6.45, 7) is 0. The predicted molar refractivity (Wildman–Crippen MR) is 126 cm³/mol. The number of ether oxygens (including phenoxy) is 1. The highest BCUT2D eigenvalue weighted by Crippen LogP contribution is 2.20. The summed E-state index contributed by atoms with van der Waals surface area (Å²) in [7, 11) is 0. The lowest BCUT2D eigenvalue weighted by Crippen LogP contribution is -2.19. The molecule has 0 aliphatic carbocycles. The van der Waals surface area contributed by atoms with E-state index in [0.29, 0.717) is 16.3 Å². The number of rotatable bonds is 6. The number of benzene rings is 4. The van der Waals surface area contributed by atoms with E-state index in [9.17, 15) is 9.59 Å². The first-order chi connectivity index (χ1) is 15.6. The standard InChI is InChI=1S/C26H19ClN2O3/c27-24-14-4-3-13-23(24)26(31)32-21-11-5-7-18(15-21)17-28-29-25(30)16-20-10-6-9-19-8-1-2-12-22(19)20/h1-15,17H,16H2,(H,29,30)/b28-17+. The van der Waals surface area contributed by atoms with E-state index in [4.69, 9.17) is 16.3 Å². The zero-order valence-electron chi connectivity index (χ0n) is 17.0. The van der Waals surface area contributed by atoms with E-state index in [1.807, 2.05) is 42.5 Å². The molecule has 5 nitrogen and oxygen atoms in total. The number of hydrazone groups is 1. The molecule has 0 heterocycles. The molecule has 0 aliphatic heterocycles. The van der Waals surface area contributed by atoms with Gasteiger partial charge in [-0.25, -0.2) is 10.2 Å². The van der Waals surface area contributed by atoms with Crippen LogP contribution in [0.5, 0.6) is 5.75 Å². The number of amides is 1. The summed E-state index contributed by atoms with van der Waals surface area (Å²) in [6, 6.07) is 27.3. The lowest BCUT2D eigenvalue weighted by molar-refractivity contribution is -0.120. The van der Waals surface area contributed by atoms with Crippen molar-refractivity contribution in [2.45, 2.75) is 6.42 Å². The Hall–Kier alpha value is -3.96. The average Bonchev–Trinajstić information content (AvgIpc) is 2.80. The smallest absolute Gasteiger partial charge is 0.345 e. The van der Waals surface area contributed by atoms with Crippen LogP contribution in [0.2, 0.25) is 5.02 Å². The molecular formula is C26H19ClN2O3. The Morgan fingerprint density at radius 2 is 1.66 bits per heavy atom. The van der Waals surface area contributed by atoms with Crippen LogP contribution in [0, 0.1) is 0 Å². The van der Waals surface area contributed by atoms with Gasteiger partial charge in [0.2, 0.25) is 5.91 Å². The first-order valence-corrected chi connectivity index (χ1v) is 10.3. The zero-order valence-corrected chi connectivity index (χ0v) is 17.8. The highest BCUT2D eigenvalue weighted by atomic mass is 35.5. The quantitative estimate of drug-likeness (QED) is 0.188. The summed E-state index contributed by atoms with van der Waals surface area (Å²) in [5.74, 6) is -0.423. The van der Waals surface area contributed by atoms with E-state index in [-0.39, 0.29) is 17.9 Å². The summed E-state index contributed by atoms with van der Waals surface area (Å²) in [6.07, 6.45) is 1.71. The molecule has 0 saturated carbocycles. The number of halogens is 1. The van der Waals surface area contributed by atoms with Gasteiger partial charge in [-0.05, 0) is 46.2 Å². The summed E-state index contributed by atoms with van der Waals surface area (Å²) in [5.41, 5.74) is 4.43. The molecule has 0 spiro atoms. The van der Waals surface area contributed by atoms with Crippen LogP contribution >= 0.6 is 11.6 Å². The van der Waals surface area contributed by atoms with E-state index in [0.717, 1.165) is 16.3 Å². The minimum atomic E-state index is -0.548. The normalized spacial score (nSPS) is 10.9. The fourth-order valence-electron chi connectivity index (χ4n) is 3.29. The molecule has 32 heavy (non-hydrogen) atoms. The van der Waals surface area contributed by atoms with Gasteiger partial charge in [-0.1, -0.05) is 78.3 Å². The highest BCUT2D eigenvalue weighted by molar-refractivity contribution is 6.33. The first kappa shape index (κ1) is 21.3. The molecular weight excluding hydrogens is 424 g/mol. The predicted octanol–water partition coefficient (Wildman–Crippen LogP) is 5.41. The Labute approximate surface area is 190 Å². The number of hydrogen-bond acceptors (Lipinski definition) is 4. The SMILES string of the molecule is O=C(Cc1cccc2ccccc12)N/N=C/c1cccc(OC(=O)c2ccccc2Cl)c1. The third kappa shape index (κ3) is 5.20. The summed E-state index contributed by atoms with van der Waals surface area (Å²) in [5, 5.41) is 6.48. The maximum absolute atomic E-state index is 12.3. The maximum Gasteiger partial charge on any atom is 0.345 e. The monoisotopic (exact) mass is 442 g/mol. The number of fused-ring (bicyclic) bond motifs is 1. The number of nitrogens with zero attached hydrogens (tertiary/aromatic N) is 1. The van der Waals surface area contributed by atoms with Gasteiger partial charge in [0.15, 0.2) is 0 Å². The number of carbonyl (C=O) groups is 2.